The summed E-state index contributed by atoms with van der Waals surface area (Å²) in [6.07, 6.45) is 0.0930. The molecular weight excluding hydrogens is 213 g/mol. The Bertz CT molecular complexity index is 272. The van der Waals surface area contributed by atoms with E-state index in [0.29, 0.717) is 19.5 Å². The molecule has 2 unspecified atom stereocenters. The molecule has 86 valence electrons. The van der Waals surface area contributed by atoms with Gasteiger partial charge in [-0.2, -0.15) is 0 Å². The molecule has 0 radical (unpaired) electrons. The highest BCUT2D eigenvalue weighted by Gasteiger charge is 2.29. The fourth-order valence-electron chi connectivity index (χ4n) is 1.35. The van der Waals surface area contributed by atoms with E-state index in [-0.39, 0.29) is 17.5 Å². The van der Waals surface area contributed by atoms with E-state index in [4.69, 9.17) is 4.74 Å². The fraction of sp³-hybridized carbons (Fsp3) is 0.800. The maximum atomic E-state index is 11.6. The van der Waals surface area contributed by atoms with E-state index in [1.807, 2.05) is 20.8 Å². The third-order valence-electron chi connectivity index (χ3n) is 2.11. The summed E-state index contributed by atoms with van der Waals surface area (Å²) in [7, 11) is 2.47. The van der Waals surface area contributed by atoms with Crippen LogP contribution in [0.1, 0.15) is 27.2 Å². The van der Waals surface area contributed by atoms with Crippen molar-refractivity contribution in [1.29, 1.82) is 0 Å². The summed E-state index contributed by atoms with van der Waals surface area (Å²) in [6, 6.07) is 0. The van der Waals surface area contributed by atoms with Crippen LogP contribution in [-0.2, 0) is 9.53 Å². The first-order valence-corrected chi connectivity index (χ1v) is 5.72. The van der Waals surface area contributed by atoms with E-state index < -0.39 is 5.60 Å². The molecule has 1 amide bonds. The van der Waals surface area contributed by atoms with Crippen molar-refractivity contribution >= 4 is 21.1 Å². The second-order valence-corrected chi connectivity index (χ2v) is 5.55. The molecule has 0 aromatic heterocycles. The fourth-order valence-corrected chi connectivity index (χ4v) is 1.77. The minimum absolute atomic E-state index is 0.147. The highest BCUT2D eigenvalue weighted by Crippen LogP contribution is 2.17. The number of carbonyl (C=O) groups excluding carboxylic acids is 2. The van der Waals surface area contributed by atoms with Crippen molar-refractivity contribution in [3.05, 3.63) is 0 Å². The van der Waals surface area contributed by atoms with Crippen LogP contribution in [-0.4, -0.2) is 41.1 Å². The number of amides is 1. The summed E-state index contributed by atoms with van der Waals surface area (Å²) in [5, 5.41) is 0. The lowest BCUT2D eigenvalue weighted by molar-refractivity contribution is -0.120. The zero-order valence-electron chi connectivity index (χ0n) is 9.45. The molecular formula is C10H18NO3P. The van der Waals surface area contributed by atoms with Crippen molar-refractivity contribution in [3.8, 4) is 0 Å². The number of carbonyl (C=O) groups is 2. The van der Waals surface area contributed by atoms with Crippen LogP contribution < -0.4 is 0 Å². The third-order valence-corrected chi connectivity index (χ3v) is 2.69. The van der Waals surface area contributed by atoms with Gasteiger partial charge >= 0.3 is 6.09 Å². The van der Waals surface area contributed by atoms with Crippen molar-refractivity contribution in [1.82, 2.24) is 4.90 Å². The van der Waals surface area contributed by atoms with Crippen LogP contribution in [0, 0.1) is 0 Å². The molecule has 1 aliphatic rings. The molecule has 0 aromatic rings. The van der Waals surface area contributed by atoms with Crippen LogP contribution in [0.2, 0.25) is 0 Å². The second-order valence-electron chi connectivity index (χ2n) is 4.75. The number of piperidine rings is 1. The topological polar surface area (TPSA) is 46.6 Å². The molecule has 0 spiro atoms. The third kappa shape index (κ3) is 3.78. The molecule has 2 atom stereocenters. The summed E-state index contributed by atoms with van der Waals surface area (Å²) >= 11 is 0. The molecule has 5 heteroatoms. The quantitative estimate of drug-likeness (QED) is 0.593. The first kappa shape index (κ1) is 12.4. The van der Waals surface area contributed by atoms with E-state index in [1.165, 1.54) is 0 Å². The number of hydrogen-bond donors (Lipinski definition) is 0. The van der Waals surface area contributed by atoms with Crippen molar-refractivity contribution < 1.29 is 14.3 Å². The van der Waals surface area contributed by atoms with Crippen molar-refractivity contribution in [2.45, 2.75) is 38.5 Å². The summed E-state index contributed by atoms with van der Waals surface area (Å²) < 4.78 is 5.23. The predicted octanol–water partition coefficient (Wildman–Crippen LogP) is 1.44. The van der Waals surface area contributed by atoms with Crippen LogP contribution >= 0.6 is 9.24 Å². The first-order valence-electron chi connectivity index (χ1n) is 5.06. The van der Waals surface area contributed by atoms with Gasteiger partial charge in [0.05, 0.1) is 0 Å². The summed E-state index contributed by atoms with van der Waals surface area (Å²) in [5.74, 6) is 0.194. The van der Waals surface area contributed by atoms with E-state index in [2.05, 4.69) is 9.24 Å². The van der Waals surface area contributed by atoms with Gasteiger partial charge in [-0.25, -0.2) is 4.79 Å². The first-order chi connectivity index (χ1) is 6.79. The summed E-state index contributed by atoms with van der Waals surface area (Å²) in [6.45, 7) is 6.41. The van der Waals surface area contributed by atoms with Crippen LogP contribution in [0.15, 0.2) is 0 Å². The number of ether oxygens (including phenoxy) is 1. The van der Waals surface area contributed by atoms with Crippen LogP contribution in [0.25, 0.3) is 0 Å². The van der Waals surface area contributed by atoms with Gasteiger partial charge in [0, 0.05) is 25.2 Å². The number of likely N-dealkylation sites (tertiary alicyclic amines) is 1. The van der Waals surface area contributed by atoms with E-state index in [9.17, 15) is 9.59 Å². The molecule has 1 aliphatic heterocycles. The summed E-state index contributed by atoms with van der Waals surface area (Å²) in [4.78, 5) is 24.5. The highest BCUT2D eigenvalue weighted by molar-refractivity contribution is 7.19. The highest BCUT2D eigenvalue weighted by atomic mass is 31.0. The standard InChI is InChI=1S/C10H18NO3P/c1-10(2,3)14-9(13)11-5-4-7(12)8(15)6-11/h8H,4-6,15H2,1-3H3. The normalized spacial score (nSPS) is 22.8. The minimum atomic E-state index is -0.477. The Hall–Kier alpha value is -0.630. The Balaban J connectivity index is 2.51. The number of nitrogens with zero attached hydrogens (tertiary/aromatic N) is 1. The minimum Gasteiger partial charge on any atom is -0.444 e. The van der Waals surface area contributed by atoms with Crippen LogP contribution in [0.5, 0.6) is 0 Å². The van der Waals surface area contributed by atoms with Crippen molar-refractivity contribution in [2.24, 2.45) is 0 Å². The van der Waals surface area contributed by atoms with Gasteiger partial charge in [0.25, 0.3) is 0 Å². The molecule has 0 N–H and O–H groups in total. The molecule has 1 fully saturated rings. The molecule has 1 saturated heterocycles. The molecule has 0 aromatic carbocycles. The lowest BCUT2D eigenvalue weighted by Crippen LogP contribution is -2.46. The average Bonchev–Trinajstić information content (AvgIpc) is 2.06. The molecule has 4 nitrogen and oxygen atoms in total. The molecule has 0 aliphatic carbocycles. The number of hydrogen-bond acceptors (Lipinski definition) is 3. The number of ketones is 1. The van der Waals surface area contributed by atoms with Crippen LogP contribution in [0.3, 0.4) is 0 Å². The maximum Gasteiger partial charge on any atom is 0.410 e. The monoisotopic (exact) mass is 231 g/mol. The van der Waals surface area contributed by atoms with Gasteiger partial charge in [0.15, 0.2) is 0 Å². The predicted molar refractivity (Wildman–Crippen MR) is 60.9 cm³/mol. The average molecular weight is 231 g/mol. The molecule has 1 rings (SSSR count). The molecule has 0 saturated carbocycles. The zero-order chi connectivity index (χ0) is 11.6. The Kier molecular flexibility index (Phi) is 3.72. The van der Waals surface area contributed by atoms with Crippen LogP contribution in [0.4, 0.5) is 4.79 Å². The van der Waals surface area contributed by atoms with Gasteiger partial charge in [-0.3, -0.25) is 4.79 Å². The van der Waals surface area contributed by atoms with Gasteiger partial charge in [0.1, 0.15) is 11.4 Å². The smallest absolute Gasteiger partial charge is 0.410 e. The Labute approximate surface area is 92.5 Å². The molecule has 0 bridgehead atoms. The second kappa shape index (κ2) is 4.48. The molecule has 15 heavy (non-hydrogen) atoms. The van der Waals surface area contributed by atoms with Gasteiger partial charge in [-0.1, -0.05) is 0 Å². The largest absolute Gasteiger partial charge is 0.444 e. The van der Waals surface area contributed by atoms with Crippen molar-refractivity contribution in [3.63, 3.8) is 0 Å². The molecule has 1 heterocycles. The van der Waals surface area contributed by atoms with Gasteiger partial charge in [0.2, 0.25) is 0 Å². The maximum absolute atomic E-state index is 11.6. The van der Waals surface area contributed by atoms with Gasteiger partial charge in [-0.05, 0) is 20.8 Å². The van der Waals surface area contributed by atoms with E-state index in [0.717, 1.165) is 0 Å². The number of rotatable bonds is 0. The van der Waals surface area contributed by atoms with Crippen molar-refractivity contribution in [2.75, 3.05) is 13.1 Å². The van der Waals surface area contributed by atoms with Gasteiger partial charge < -0.3 is 9.64 Å². The lowest BCUT2D eigenvalue weighted by atomic mass is 10.1. The summed E-state index contributed by atoms with van der Waals surface area (Å²) in [5.41, 5.74) is -0.624. The van der Waals surface area contributed by atoms with Gasteiger partial charge in [-0.15, -0.1) is 9.24 Å². The zero-order valence-corrected chi connectivity index (χ0v) is 10.6. The lowest BCUT2D eigenvalue weighted by Gasteiger charge is -2.31. The van der Waals surface area contributed by atoms with E-state index >= 15 is 0 Å². The Morgan fingerprint density at radius 1 is 1.53 bits per heavy atom. The Morgan fingerprint density at radius 3 is 2.60 bits per heavy atom. The number of Topliss-reactive ketones (excluding diaryl/α,β-unsaturated/α-hetero) is 1. The van der Waals surface area contributed by atoms with E-state index in [1.54, 1.807) is 4.90 Å². The Morgan fingerprint density at radius 2 is 2.13 bits per heavy atom. The SMILES string of the molecule is CC(C)(C)OC(=O)N1CCC(=O)C(P)C1.